The number of thiazole rings is 1. The molecule has 2 aliphatic heterocycles. The summed E-state index contributed by atoms with van der Waals surface area (Å²) in [7, 11) is 0. The molecular formula is C13H19N3OS. The van der Waals surface area contributed by atoms with Gasteiger partial charge in [-0.25, -0.2) is 4.98 Å². The predicted molar refractivity (Wildman–Crippen MR) is 72.1 cm³/mol. The highest BCUT2D eigenvalue weighted by atomic mass is 32.1. The largest absolute Gasteiger partial charge is 0.371 e. The van der Waals surface area contributed by atoms with Crippen LogP contribution in [0.15, 0.2) is 0 Å². The Morgan fingerprint density at radius 1 is 1.22 bits per heavy atom. The number of fused-ring (bicyclic) bond motifs is 3. The molecule has 3 unspecified atom stereocenters. The minimum Gasteiger partial charge on any atom is -0.371 e. The Bertz CT molecular complexity index is 449. The summed E-state index contributed by atoms with van der Waals surface area (Å²) in [5, 5.41) is 1.18. The monoisotopic (exact) mass is 265 g/mol. The molecule has 3 atom stereocenters. The average molecular weight is 265 g/mol. The van der Waals surface area contributed by atoms with Crippen LogP contribution in [0.1, 0.15) is 42.3 Å². The van der Waals surface area contributed by atoms with E-state index in [1.165, 1.54) is 35.0 Å². The number of morpholine rings is 1. The Kier molecular flexibility index (Phi) is 2.60. The number of rotatable bonds is 1. The van der Waals surface area contributed by atoms with Crippen molar-refractivity contribution in [3.05, 3.63) is 10.6 Å². The number of aromatic nitrogens is 1. The van der Waals surface area contributed by atoms with Gasteiger partial charge in [-0.2, -0.15) is 0 Å². The quantitative estimate of drug-likeness (QED) is 0.842. The third-order valence-corrected chi connectivity index (χ3v) is 5.49. The number of nitrogens with two attached hydrogens (primary N) is 1. The third-order valence-electron chi connectivity index (χ3n) is 4.30. The van der Waals surface area contributed by atoms with Gasteiger partial charge in [-0.05, 0) is 32.1 Å². The second-order valence-corrected chi connectivity index (χ2v) is 6.73. The highest BCUT2D eigenvalue weighted by Crippen LogP contribution is 2.38. The van der Waals surface area contributed by atoms with Gasteiger partial charge in [0.15, 0.2) is 5.13 Å². The topological polar surface area (TPSA) is 51.4 Å². The molecule has 1 aromatic rings. The van der Waals surface area contributed by atoms with E-state index >= 15 is 0 Å². The van der Waals surface area contributed by atoms with Crippen LogP contribution in [-0.4, -0.2) is 30.3 Å². The SMILES string of the molecule is NC1CCCc2sc(N3CC4CCC(C3)O4)nc21. The van der Waals surface area contributed by atoms with Crippen molar-refractivity contribution < 1.29 is 4.74 Å². The van der Waals surface area contributed by atoms with E-state index in [2.05, 4.69) is 4.90 Å². The molecule has 0 spiro atoms. The number of anilines is 1. The lowest BCUT2D eigenvalue weighted by Gasteiger charge is -2.31. The van der Waals surface area contributed by atoms with Gasteiger partial charge in [0.05, 0.1) is 17.9 Å². The molecular weight excluding hydrogens is 246 g/mol. The summed E-state index contributed by atoms with van der Waals surface area (Å²) in [4.78, 5) is 8.65. The van der Waals surface area contributed by atoms with Gasteiger partial charge in [-0.3, -0.25) is 0 Å². The zero-order valence-corrected chi connectivity index (χ0v) is 11.3. The van der Waals surface area contributed by atoms with Crippen LogP contribution in [0.5, 0.6) is 0 Å². The summed E-state index contributed by atoms with van der Waals surface area (Å²) in [6, 6.07) is 0.163. The minimum absolute atomic E-state index is 0.163. The highest BCUT2D eigenvalue weighted by molar-refractivity contribution is 7.15. The minimum atomic E-state index is 0.163. The second-order valence-electron chi connectivity index (χ2n) is 5.67. The Morgan fingerprint density at radius 2 is 2.00 bits per heavy atom. The summed E-state index contributed by atoms with van der Waals surface area (Å²) in [5.41, 5.74) is 7.32. The fourth-order valence-electron chi connectivity index (χ4n) is 3.35. The smallest absolute Gasteiger partial charge is 0.186 e. The van der Waals surface area contributed by atoms with Gasteiger partial charge in [0.2, 0.25) is 0 Å². The summed E-state index contributed by atoms with van der Waals surface area (Å²) in [6.07, 6.45) is 6.75. The van der Waals surface area contributed by atoms with Crippen molar-refractivity contribution in [2.45, 2.75) is 50.4 Å². The zero-order valence-electron chi connectivity index (χ0n) is 10.5. The summed E-state index contributed by atoms with van der Waals surface area (Å²) >= 11 is 1.86. The van der Waals surface area contributed by atoms with Gasteiger partial charge in [0, 0.05) is 24.0 Å². The maximum Gasteiger partial charge on any atom is 0.186 e. The Balaban J connectivity index is 1.61. The lowest BCUT2D eigenvalue weighted by Crippen LogP contribution is -2.42. The van der Waals surface area contributed by atoms with E-state index in [9.17, 15) is 0 Å². The molecule has 2 saturated heterocycles. The summed E-state index contributed by atoms with van der Waals surface area (Å²) in [6.45, 7) is 2.02. The van der Waals surface area contributed by atoms with Gasteiger partial charge in [0.1, 0.15) is 0 Å². The Hall–Kier alpha value is -0.650. The summed E-state index contributed by atoms with van der Waals surface area (Å²) in [5.74, 6) is 0. The standard InChI is InChI=1S/C13H19N3OS/c14-10-2-1-3-11-12(10)15-13(18-11)16-6-8-4-5-9(7-16)17-8/h8-10H,1-7,14H2. The number of hydrogen-bond acceptors (Lipinski definition) is 5. The normalized spacial score (nSPS) is 34.7. The molecule has 2 fully saturated rings. The second kappa shape index (κ2) is 4.18. The Morgan fingerprint density at radius 3 is 2.72 bits per heavy atom. The number of aryl methyl sites for hydroxylation is 1. The molecule has 98 valence electrons. The van der Waals surface area contributed by atoms with Crippen LogP contribution in [-0.2, 0) is 11.2 Å². The van der Waals surface area contributed by atoms with Crippen molar-refractivity contribution in [1.29, 1.82) is 0 Å². The first-order valence-electron chi connectivity index (χ1n) is 6.95. The zero-order chi connectivity index (χ0) is 12.1. The lowest BCUT2D eigenvalue weighted by molar-refractivity contribution is 0.0305. The molecule has 0 amide bonds. The molecule has 1 aromatic heterocycles. The molecule has 3 heterocycles. The van der Waals surface area contributed by atoms with Crippen LogP contribution in [0.4, 0.5) is 5.13 Å². The number of nitrogens with zero attached hydrogens (tertiary/aromatic N) is 2. The molecule has 2 N–H and O–H groups in total. The van der Waals surface area contributed by atoms with E-state index in [1.54, 1.807) is 0 Å². The molecule has 3 aliphatic rings. The third kappa shape index (κ3) is 1.76. The molecule has 4 nitrogen and oxygen atoms in total. The molecule has 18 heavy (non-hydrogen) atoms. The first kappa shape index (κ1) is 11.2. The van der Waals surface area contributed by atoms with Crippen LogP contribution in [0.2, 0.25) is 0 Å². The lowest BCUT2D eigenvalue weighted by atomic mass is 9.99. The number of ether oxygens (including phenoxy) is 1. The average Bonchev–Trinajstić information content (AvgIpc) is 2.94. The van der Waals surface area contributed by atoms with Crippen LogP contribution in [0.3, 0.4) is 0 Å². The van der Waals surface area contributed by atoms with Crippen LogP contribution < -0.4 is 10.6 Å². The predicted octanol–water partition coefficient (Wildman–Crippen LogP) is 1.85. The van der Waals surface area contributed by atoms with Gasteiger partial charge in [-0.15, -0.1) is 11.3 Å². The molecule has 4 rings (SSSR count). The van der Waals surface area contributed by atoms with Crippen LogP contribution in [0.25, 0.3) is 0 Å². The first-order valence-corrected chi connectivity index (χ1v) is 7.77. The van der Waals surface area contributed by atoms with E-state index < -0.39 is 0 Å². The van der Waals surface area contributed by atoms with E-state index in [0.29, 0.717) is 12.2 Å². The maximum absolute atomic E-state index is 6.16. The van der Waals surface area contributed by atoms with E-state index in [-0.39, 0.29) is 6.04 Å². The van der Waals surface area contributed by atoms with Gasteiger partial charge in [-0.1, -0.05) is 0 Å². The van der Waals surface area contributed by atoms with Crippen LogP contribution in [0, 0.1) is 0 Å². The van der Waals surface area contributed by atoms with Crippen molar-refractivity contribution >= 4 is 16.5 Å². The van der Waals surface area contributed by atoms with E-state index in [0.717, 1.165) is 25.9 Å². The molecule has 5 heteroatoms. The van der Waals surface area contributed by atoms with Gasteiger partial charge < -0.3 is 15.4 Å². The number of hydrogen-bond donors (Lipinski definition) is 1. The van der Waals surface area contributed by atoms with Crippen molar-refractivity contribution in [1.82, 2.24) is 4.98 Å². The fourth-order valence-corrected chi connectivity index (χ4v) is 4.54. The Labute approximate surface area is 111 Å². The molecule has 0 radical (unpaired) electrons. The van der Waals surface area contributed by atoms with Crippen molar-refractivity contribution in [3.8, 4) is 0 Å². The maximum atomic E-state index is 6.16. The van der Waals surface area contributed by atoms with Crippen molar-refractivity contribution in [2.24, 2.45) is 5.73 Å². The molecule has 2 bridgehead atoms. The molecule has 1 aliphatic carbocycles. The van der Waals surface area contributed by atoms with Crippen LogP contribution >= 0.6 is 11.3 Å². The molecule has 0 saturated carbocycles. The van der Waals surface area contributed by atoms with Crippen molar-refractivity contribution in [3.63, 3.8) is 0 Å². The highest BCUT2D eigenvalue weighted by Gasteiger charge is 2.35. The van der Waals surface area contributed by atoms with E-state index in [1.807, 2.05) is 11.3 Å². The van der Waals surface area contributed by atoms with Gasteiger partial charge in [0.25, 0.3) is 0 Å². The fraction of sp³-hybridized carbons (Fsp3) is 0.769. The molecule has 0 aromatic carbocycles. The first-order chi connectivity index (χ1) is 8.79. The van der Waals surface area contributed by atoms with E-state index in [4.69, 9.17) is 15.5 Å². The van der Waals surface area contributed by atoms with Crippen molar-refractivity contribution in [2.75, 3.05) is 18.0 Å². The summed E-state index contributed by atoms with van der Waals surface area (Å²) < 4.78 is 5.88. The van der Waals surface area contributed by atoms with Gasteiger partial charge >= 0.3 is 0 Å².